The molecule has 0 aliphatic heterocycles. The SMILES string of the molecule is CCC(C(=O)NCC(C)C)N(Cc1ccccc1C)C(=O)CN(c1ccc(Cl)c(C(F)(F)F)c1)S(=O)(=O)c1ccc(C)cc1. The summed E-state index contributed by atoms with van der Waals surface area (Å²) in [7, 11) is -4.55. The molecule has 1 atom stereocenters. The Morgan fingerprint density at radius 1 is 0.977 bits per heavy atom. The molecule has 0 aliphatic rings. The number of halogens is 4. The van der Waals surface area contributed by atoms with Gasteiger partial charge in [-0.2, -0.15) is 13.2 Å². The molecule has 0 aromatic heterocycles. The maximum atomic E-state index is 14.2. The predicted molar refractivity (Wildman–Crippen MR) is 166 cm³/mol. The van der Waals surface area contributed by atoms with Gasteiger partial charge >= 0.3 is 6.18 Å². The van der Waals surface area contributed by atoms with Crippen molar-refractivity contribution in [2.24, 2.45) is 5.92 Å². The first-order valence-electron chi connectivity index (χ1n) is 14.1. The summed E-state index contributed by atoms with van der Waals surface area (Å²) in [6, 6.07) is 14.7. The molecule has 44 heavy (non-hydrogen) atoms. The summed E-state index contributed by atoms with van der Waals surface area (Å²) in [4.78, 5) is 28.6. The summed E-state index contributed by atoms with van der Waals surface area (Å²) in [6.45, 7) is 8.65. The van der Waals surface area contributed by atoms with Crippen molar-refractivity contribution in [2.75, 3.05) is 17.4 Å². The molecule has 0 fully saturated rings. The standard InChI is InChI=1S/C32H37ClF3N3O4S/c1-6-29(31(41)37-18-21(2)3)38(19-24-10-8-7-9-23(24)5)30(40)20-39(44(42,43)26-14-11-22(4)12-15-26)25-13-16-28(33)27(17-25)32(34,35)36/h7-17,21,29H,6,18-20H2,1-5H3,(H,37,41). The minimum atomic E-state index is -4.88. The number of hydrogen-bond donors (Lipinski definition) is 1. The van der Waals surface area contributed by atoms with Crippen molar-refractivity contribution in [3.05, 3.63) is 94.0 Å². The van der Waals surface area contributed by atoms with E-state index in [1.165, 1.54) is 17.0 Å². The molecule has 238 valence electrons. The van der Waals surface area contributed by atoms with Gasteiger partial charge in [0, 0.05) is 13.1 Å². The van der Waals surface area contributed by atoms with Crippen molar-refractivity contribution in [1.82, 2.24) is 10.2 Å². The van der Waals surface area contributed by atoms with Crippen LogP contribution in [-0.4, -0.2) is 44.3 Å². The number of benzene rings is 3. The van der Waals surface area contributed by atoms with E-state index in [1.807, 2.05) is 32.9 Å². The molecule has 0 saturated heterocycles. The fraction of sp³-hybridized carbons (Fsp3) is 0.375. The number of nitrogens with one attached hydrogen (secondary N) is 1. The average molecular weight is 652 g/mol. The van der Waals surface area contributed by atoms with Crippen LogP contribution in [0, 0.1) is 19.8 Å². The highest BCUT2D eigenvalue weighted by Crippen LogP contribution is 2.38. The maximum absolute atomic E-state index is 14.2. The van der Waals surface area contributed by atoms with Crippen LogP contribution >= 0.6 is 11.6 Å². The third kappa shape index (κ3) is 8.53. The average Bonchev–Trinajstić information content (AvgIpc) is 2.95. The molecule has 0 heterocycles. The fourth-order valence-corrected chi connectivity index (χ4v) is 6.20. The van der Waals surface area contributed by atoms with Crippen molar-refractivity contribution in [2.45, 2.75) is 64.7 Å². The van der Waals surface area contributed by atoms with E-state index in [1.54, 1.807) is 38.1 Å². The Balaban J connectivity index is 2.15. The zero-order valence-corrected chi connectivity index (χ0v) is 26.9. The van der Waals surface area contributed by atoms with E-state index in [0.29, 0.717) is 16.9 Å². The van der Waals surface area contributed by atoms with Crippen molar-refractivity contribution >= 4 is 39.1 Å². The second-order valence-corrected chi connectivity index (χ2v) is 13.3. The van der Waals surface area contributed by atoms with Gasteiger partial charge in [0.15, 0.2) is 0 Å². The minimum Gasteiger partial charge on any atom is -0.354 e. The van der Waals surface area contributed by atoms with Crippen LogP contribution in [0.25, 0.3) is 0 Å². The van der Waals surface area contributed by atoms with Gasteiger partial charge < -0.3 is 10.2 Å². The van der Waals surface area contributed by atoms with Gasteiger partial charge in [0.2, 0.25) is 11.8 Å². The molecule has 12 heteroatoms. The lowest BCUT2D eigenvalue weighted by Crippen LogP contribution is -2.52. The molecule has 1 N–H and O–H groups in total. The number of aryl methyl sites for hydroxylation is 2. The van der Waals surface area contributed by atoms with E-state index in [-0.39, 0.29) is 23.8 Å². The van der Waals surface area contributed by atoms with Gasteiger partial charge in [0.1, 0.15) is 12.6 Å². The van der Waals surface area contributed by atoms with Crippen LogP contribution in [-0.2, 0) is 32.3 Å². The number of carbonyl (C=O) groups excluding carboxylic acids is 2. The first kappa shape index (κ1) is 34.9. The summed E-state index contributed by atoms with van der Waals surface area (Å²) in [5.74, 6) is -1.04. The van der Waals surface area contributed by atoms with Gasteiger partial charge in [-0.15, -0.1) is 0 Å². The topological polar surface area (TPSA) is 86.8 Å². The number of anilines is 1. The normalized spacial score (nSPS) is 12.6. The van der Waals surface area contributed by atoms with Gasteiger partial charge in [0.25, 0.3) is 10.0 Å². The molecule has 0 aliphatic carbocycles. The van der Waals surface area contributed by atoms with E-state index < -0.39 is 56.9 Å². The van der Waals surface area contributed by atoms with Crippen LogP contribution in [0.15, 0.2) is 71.6 Å². The number of nitrogens with zero attached hydrogens (tertiary/aromatic N) is 2. The third-order valence-electron chi connectivity index (χ3n) is 7.10. The van der Waals surface area contributed by atoms with E-state index in [2.05, 4.69) is 5.32 Å². The largest absolute Gasteiger partial charge is 0.417 e. The summed E-state index contributed by atoms with van der Waals surface area (Å²) in [5, 5.41) is 2.22. The van der Waals surface area contributed by atoms with Gasteiger partial charge in [-0.1, -0.05) is 74.3 Å². The zero-order valence-electron chi connectivity index (χ0n) is 25.3. The maximum Gasteiger partial charge on any atom is 0.417 e. The van der Waals surface area contributed by atoms with Crippen molar-refractivity contribution in [1.29, 1.82) is 0 Å². The lowest BCUT2D eigenvalue weighted by atomic mass is 10.1. The quantitative estimate of drug-likeness (QED) is 0.235. The highest BCUT2D eigenvalue weighted by atomic mass is 35.5. The molecule has 1 unspecified atom stereocenters. The smallest absolute Gasteiger partial charge is 0.354 e. The van der Waals surface area contributed by atoms with Gasteiger partial charge in [-0.25, -0.2) is 8.42 Å². The Hall–Kier alpha value is -3.57. The number of amides is 2. The predicted octanol–water partition coefficient (Wildman–Crippen LogP) is 6.75. The third-order valence-corrected chi connectivity index (χ3v) is 9.22. The number of alkyl halides is 3. The summed E-state index contributed by atoms with van der Waals surface area (Å²) in [5.41, 5.74) is 0.697. The lowest BCUT2D eigenvalue weighted by Gasteiger charge is -2.33. The lowest BCUT2D eigenvalue weighted by molar-refractivity contribution is -0.140. The van der Waals surface area contributed by atoms with Crippen LogP contribution in [0.4, 0.5) is 18.9 Å². The first-order chi connectivity index (χ1) is 20.6. The zero-order chi connectivity index (χ0) is 32.8. The number of rotatable bonds is 12. The van der Waals surface area contributed by atoms with E-state index in [0.717, 1.165) is 28.8 Å². The molecule has 0 radical (unpaired) electrons. The number of carbonyl (C=O) groups is 2. The van der Waals surface area contributed by atoms with Gasteiger partial charge in [0.05, 0.1) is 21.2 Å². The Kier molecular flexibility index (Phi) is 11.5. The minimum absolute atomic E-state index is 0.0219. The molecule has 3 aromatic rings. The summed E-state index contributed by atoms with van der Waals surface area (Å²) < 4.78 is 70.1. The molecule has 2 amide bonds. The highest BCUT2D eigenvalue weighted by molar-refractivity contribution is 7.92. The van der Waals surface area contributed by atoms with Crippen LogP contribution < -0.4 is 9.62 Å². The van der Waals surface area contributed by atoms with E-state index in [9.17, 15) is 31.2 Å². The Morgan fingerprint density at radius 3 is 2.18 bits per heavy atom. The first-order valence-corrected chi connectivity index (χ1v) is 16.0. The van der Waals surface area contributed by atoms with Crippen molar-refractivity contribution in [3.63, 3.8) is 0 Å². The second kappa shape index (κ2) is 14.5. The van der Waals surface area contributed by atoms with Crippen molar-refractivity contribution in [3.8, 4) is 0 Å². The molecular formula is C32H37ClF3N3O4S. The monoisotopic (exact) mass is 651 g/mol. The molecule has 3 rings (SSSR count). The van der Waals surface area contributed by atoms with Crippen LogP contribution in [0.1, 0.15) is 49.4 Å². The van der Waals surface area contributed by atoms with Crippen LogP contribution in [0.5, 0.6) is 0 Å². The number of sulfonamides is 1. The fourth-order valence-electron chi connectivity index (χ4n) is 4.56. The Bertz CT molecular complexity index is 1580. The molecule has 0 saturated carbocycles. The Labute approximate surface area is 262 Å². The molecular weight excluding hydrogens is 615 g/mol. The molecule has 0 bridgehead atoms. The van der Waals surface area contributed by atoms with Crippen LogP contribution in [0.3, 0.4) is 0 Å². The summed E-state index contributed by atoms with van der Waals surface area (Å²) >= 11 is 5.83. The molecule has 0 spiro atoms. The highest BCUT2D eigenvalue weighted by Gasteiger charge is 2.37. The number of hydrogen-bond acceptors (Lipinski definition) is 4. The molecule has 7 nitrogen and oxygen atoms in total. The second-order valence-electron chi connectivity index (χ2n) is 11.0. The summed E-state index contributed by atoms with van der Waals surface area (Å²) in [6.07, 6.45) is -4.67. The van der Waals surface area contributed by atoms with Crippen LogP contribution in [0.2, 0.25) is 5.02 Å². The van der Waals surface area contributed by atoms with E-state index in [4.69, 9.17) is 11.6 Å². The van der Waals surface area contributed by atoms with Gasteiger partial charge in [-0.05, 0) is 67.6 Å². The van der Waals surface area contributed by atoms with Gasteiger partial charge in [-0.3, -0.25) is 13.9 Å². The molecule has 3 aromatic carbocycles. The Morgan fingerprint density at radius 2 is 1.61 bits per heavy atom. The van der Waals surface area contributed by atoms with Crippen molar-refractivity contribution < 1.29 is 31.2 Å². The van der Waals surface area contributed by atoms with E-state index >= 15 is 0 Å².